The molecule has 0 unspecified atom stereocenters. The number of rotatable bonds is 4. The Morgan fingerprint density at radius 1 is 0.875 bits per heavy atom. The summed E-state index contributed by atoms with van der Waals surface area (Å²) in [4.78, 5) is 4.64. The van der Waals surface area contributed by atoms with Crippen LogP contribution in [0.5, 0.6) is 0 Å². The molecule has 0 saturated carbocycles. The minimum Gasteiger partial charge on any atom is -0.285 e. The molecule has 0 radical (unpaired) electrons. The smallest absolute Gasteiger partial charge is 0.285 e. The second kappa shape index (κ2) is 7.67. The molecule has 0 amide bonds. The number of hydrogen-bond acceptors (Lipinski definition) is 3. The molecule has 0 saturated heterocycles. The van der Waals surface area contributed by atoms with Crippen LogP contribution < -0.4 is 4.31 Å². The predicted octanol–water partition coefficient (Wildman–Crippen LogP) is 5.46. The van der Waals surface area contributed by atoms with Crippen LogP contribution in [-0.4, -0.2) is 24.9 Å². The van der Waals surface area contributed by atoms with Gasteiger partial charge in [0.2, 0.25) is 0 Å². The summed E-state index contributed by atoms with van der Waals surface area (Å²) in [5.74, 6) is 0.240. The zero-order valence-corrected chi connectivity index (χ0v) is 18.4. The third-order valence-electron chi connectivity index (χ3n) is 5.20. The SMILES string of the molecule is Cc1ccc(S(=O)(=O)N(C)c2c(-c3ccc(C(F)(F)F)cc3)nc3ccc(C)cn23)cc1. The number of aryl methyl sites for hydroxylation is 2. The maximum absolute atomic E-state index is 13.4. The van der Waals surface area contributed by atoms with Gasteiger partial charge >= 0.3 is 6.18 Å². The third-order valence-corrected chi connectivity index (χ3v) is 6.97. The molecule has 32 heavy (non-hydrogen) atoms. The average Bonchev–Trinajstić information content (AvgIpc) is 3.11. The van der Waals surface area contributed by atoms with E-state index in [1.54, 1.807) is 28.8 Å². The number of imidazole rings is 1. The maximum atomic E-state index is 13.4. The van der Waals surface area contributed by atoms with E-state index >= 15 is 0 Å². The summed E-state index contributed by atoms with van der Waals surface area (Å²) in [6.45, 7) is 3.71. The van der Waals surface area contributed by atoms with E-state index in [1.807, 2.05) is 19.9 Å². The van der Waals surface area contributed by atoms with Gasteiger partial charge in [-0.25, -0.2) is 13.4 Å². The fourth-order valence-electron chi connectivity index (χ4n) is 3.43. The van der Waals surface area contributed by atoms with E-state index in [1.165, 1.54) is 31.3 Å². The number of pyridine rings is 1. The minimum absolute atomic E-state index is 0.103. The highest BCUT2D eigenvalue weighted by Crippen LogP contribution is 2.36. The normalized spacial score (nSPS) is 12.3. The summed E-state index contributed by atoms with van der Waals surface area (Å²) in [6.07, 6.45) is -2.73. The summed E-state index contributed by atoms with van der Waals surface area (Å²) in [5, 5.41) is 0. The second-order valence-corrected chi connectivity index (χ2v) is 9.55. The van der Waals surface area contributed by atoms with Gasteiger partial charge in [-0.3, -0.25) is 8.71 Å². The molecule has 0 fully saturated rings. The second-order valence-electron chi connectivity index (χ2n) is 7.58. The number of hydrogen-bond donors (Lipinski definition) is 0. The van der Waals surface area contributed by atoms with E-state index in [0.29, 0.717) is 11.2 Å². The topological polar surface area (TPSA) is 54.7 Å². The quantitative estimate of drug-likeness (QED) is 0.407. The number of benzene rings is 2. The van der Waals surface area contributed by atoms with Crippen molar-refractivity contribution in [2.45, 2.75) is 24.9 Å². The Morgan fingerprint density at radius 3 is 2.06 bits per heavy atom. The average molecular weight is 459 g/mol. The van der Waals surface area contributed by atoms with Crippen LogP contribution in [0.15, 0.2) is 71.8 Å². The lowest BCUT2D eigenvalue weighted by Gasteiger charge is -2.21. The zero-order chi connectivity index (χ0) is 23.3. The minimum atomic E-state index is -4.47. The molecule has 0 atom stereocenters. The van der Waals surface area contributed by atoms with Crippen molar-refractivity contribution in [3.63, 3.8) is 0 Å². The van der Waals surface area contributed by atoms with Crippen LogP contribution in [0.25, 0.3) is 16.9 Å². The van der Waals surface area contributed by atoms with Crippen molar-refractivity contribution in [3.05, 3.63) is 83.6 Å². The summed E-state index contributed by atoms with van der Waals surface area (Å²) in [6, 6.07) is 14.5. The largest absolute Gasteiger partial charge is 0.416 e. The molecule has 0 aliphatic heterocycles. The highest BCUT2D eigenvalue weighted by molar-refractivity contribution is 7.92. The molecule has 2 aromatic heterocycles. The van der Waals surface area contributed by atoms with E-state index in [-0.39, 0.29) is 16.4 Å². The molecular weight excluding hydrogens is 439 g/mol. The number of fused-ring (bicyclic) bond motifs is 1. The van der Waals surface area contributed by atoms with Crippen molar-refractivity contribution >= 4 is 21.5 Å². The number of anilines is 1. The first-order valence-corrected chi connectivity index (χ1v) is 11.1. The van der Waals surface area contributed by atoms with Gasteiger partial charge in [0.05, 0.1) is 10.5 Å². The van der Waals surface area contributed by atoms with E-state index in [0.717, 1.165) is 27.6 Å². The molecule has 166 valence electrons. The van der Waals surface area contributed by atoms with Crippen molar-refractivity contribution in [2.75, 3.05) is 11.4 Å². The van der Waals surface area contributed by atoms with Crippen LogP contribution >= 0.6 is 0 Å². The first kappa shape index (κ1) is 21.9. The van der Waals surface area contributed by atoms with Gasteiger partial charge in [0.1, 0.15) is 11.3 Å². The number of nitrogens with zero attached hydrogens (tertiary/aromatic N) is 3. The Labute approximate surface area is 183 Å². The lowest BCUT2D eigenvalue weighted by molar-refractivity contribution is -0.137. The molecule has 4 rings (SSSR count). The monoisotopic (exact) mass is 459 g/mol. The Hall–Kier alpha value is -3.33. The molecule has 0 N–H and O–H groups in total. The fraction of sp³-hybridized carbons (Fsp3) is 0.174. The number of aromatic nitrogens is 2. The van der Waals surface area contributed by atoms with E-state index in [2.05, 4.69) is 4.98 Å². The van der Waals surface area contributed by atoms with Gasteiger partial charge < -0.3 is 0 Å². The van der Waals surface area contributed by atoms with Crippen LogP contribution in [0.2, 0.25) is 0 Å². The summed E-state index contributed by atoms with van der Waals surface area (Å²) < 4.78 is 68.5. The maximum Gasteiger partial charge on any atom is 0.416 e. The number of sulfonamides is 1. The van der Waals surface area contributed by atoms with Crippen LogP contribution in [0.4, 0.5) is 19.0 Å². The number of alkyl halides is 3. The van der Waals surface area contributed by atoms with Crippen LogP contribution in [0, 0.1) is 13.8 Å². The molecule has 9 heteroatoms. The molecule has 2 aromatic carbocycles. The Balaban J connectivity index is 1.91. The van der Waals surface area contributed by atoms with Gasteiger partial charge in [0.25, 0.3) is 10.0 Å². The van der Waals surface area contributed by atoms with Crippen molar-refractivity contribution in [1.29, 1.82) is 0 Å². The zero-order valence-electron chi connectivity index (χ0n) is 17.6. The van der Waals surface area contributed by atoms with Gasteiger partial charge in [0.15, 0.2) is 5.82 Å². The molecule has 0 aliphatic carbocycles. The summed E-state index contributed by atoms with van der Waals surface area (Å²) in [5.41, 5.74) is 2.12. The highest BCUT2D eigenvalue weighted by atomic mass is 32.2. The standard InChI is InChI=1S/C23H20F3N3O2S/c1-15-4-11-19(12-5-15)32(30,31)28(3)22-21(27-20-13-6-16(2)14-29(20)22)17-7-9-18(10-8-17)23(24,25)26/h4-14H,1-3H3. The first-order chi connectivity index (χ1) is 15.0. The van der Waals surface area contributed by atoms with Crippen LogP contribution in [0.1, 0.15) is 16.7 Å². The van der Waals surface area contributed by atoms with Crippen LogP contribution in [-0.2, 0) is 16.2 Å². The lowest BCUT2D eigenvalue weighted by atomic mass is 10.1. The third kappa shape index (κ3) is 3.84. The predicted molar refractivity (Wildman–Crippen MR) is 117 cm³/mol. The fourth-order valence-corrected chi connectivity index (χ4v) is 4.63. The van der Waals surface area contributed by atoms with Gasteiger partial charge in [0, 0.05) is 18.8 Å². The Bertz CT molecular complexity index is 1390. The molecule has 0 spiro atoms. The number of halogens is 3. The molecular formula is C23H20F3N3O2S. The molecule has 5 nitrogen and oxygen atoms in total. The van der Waals surface area contributed by atoms with Crippen molar-refractivity contribution in [1.82, 2.24) is 9.38 Å². The summed E-state index contributed by atoms with van der Waals surface area (Å²) >= 11 is 0. The van der Waals surface area contributed by atoms with Gasteiger partial charge in [-0.15, -0.1) is 0 Å². The van der Waals surface area contributed by atoms with E-state index in [4.69, 9.17) is 0 Å². The molecule has 0 bridgehead atoms. The van der Waals surface area contributed by atoms with Crippen molar-refractivity contribution in [3.8, 4) is 11.3 Å². The van der Waals surface area contributed by atoms with Gasteiger partial charge in [-0.2, -0.15) is 13.2 Å². The van der Waals surface area contributed by atoms with E-state index < -0.39 is 21.8 Å². The summed E-state index contributed by atoms with van der Waals surface area (Å²) in [7, 11) is -2.54. The van der Waals surface area contributed by atoms with Crippen molar-refractivity contribution < 1.29 is 21.6 Å². The van der Waals surface area contributed by atoms with Gasteiger partial charge in [-0.05, 0) is 49.7 Å². The Kier molecular flexibility index (Phi) is 5.24. The molecule has 4 aromatic rings. The van der Waals surface area contributed by atoms with Crippen LogP contribution in [0.3, 0.4) is 0 Å². The molecule has 2 heterocycles. The van der Waals surface area contributed by atoms with Gasteiger partial charge in [-0.1, -0.05) is 35.9 Å². The lowest BCUT2D eigenvalue weighted by Crippen LogP contribution is -2.28. The first-order valence-electron chi connectivity index (χ1n) is 9.70. The molecule has 0 aliphatic rings. The van der Waals surface area contributed by atoms with Crippen molar-refractivity contribution in [2.24, 2.45) is 0 Å². The Morgan fingerprint density at radius 2 is 1.47 bits per heavy atom. The highest BCUT2D eigenvalue weighted by Gasteiger charge is 2.31. The van der Waals surface area contributed by atoms with E-state index in [9.17, 15) is 21.6 Å².